The molecule has 7 nitrogen and oxygen atoms in total. The molecule has 5 N–H and O–H groups in total. The van der Waals surface area contributed by atoms with E-state index in [1.807, 2.05) is 0 Å². The van der Waals surface area contributed by atoms with Crippen molar-refractivity contribution in [3.05, 3.63) is 29.6 Å². The molecule has 0 aliphatic rings. The summed E-state index contributed by atoms with van der Waals surface area (Å²) >= 11 is 4.62. The quantitative estimate of drug-likeness (QED) is 0.443. The summed E-state index contributed by atoms with van der Waals surface area (Å²) in [4.78, 5) is -0.485. The van der Waals surface area contributed by atoms with Gasteiger partial charge >= 0.3 is 0 Å². The number of primary sulfonamides is 1. The summed E-state index contributed by atoms with van der Waals surface area (Å²) in [6.07, 6.45) is 0.0153. The highest BCUT2D eigenvalue weighted by Gasteiger charge is 2.17. The van der Waals surface area contributed by atoms with E-state index < -0.39 is 25.9 Å². The van der Waals surface area contributed by atoms with Crippen LogP contribution in [-0.2, 0) is 20.0 Å². The molecule has 0 spiro atoms. The minimum atomic E-state index is -3.92. The van der Waals surface area contributed by atoms with E-state index in [0.29, 0.717) is 0 Å². The van der Waals surface area contributed by atoms with Gasteiger partial charge < -0.3 is 5.73 Å². The number of thiocarbonyl (C=S) groups is 1. The van der Waals surface area contributed by atoms with Gasteiger partial charge in [-0.25, -0.2) is 31.1 Å². The predicted molar refractivity (Wildman–Crippen MR) is 80.1 cm³/mol. The van der Waals surface area contributed by atoms with Crippen LogP contribution in [0, 0.1) is 5.82 Å². The first-order chi connectivity index (χ1) is 9.53. The van der Waals surface area contributed by atoms with Crippen LogP contribution in [0.4, 0.5) is 4.39 Å². The number of rotatable bonds is 7. The van der Waals surface area contributed by atoms with Gasteiger partial charge in [0.15, 0.2) is 0 Å². The topological polar surface area (TPSA) is 132 Å². The standard InChI is InChI=1S/C10H14FN3O4S3/c11-9-3-2-7(6-8(9)10(12)19)21(17,18)14-4-1-5-20(13,15)16/h2-3,6,14H,1,4-5H2,(H2,12,19)(H2,13,15,16). The largest absolute Gasteiger partial charge is 0.389 e. The maximum Gasteiger partial charge on any atom is 0.240 e. The van der Waals surface area contributed by atoms with Crippen molar-refractivity contribution in [1.29, 1.82) is 0 Å². The molecule has 118 valence electrons. The first-order valence-corrected chi connectivity index (χ1v) is 9.23. The Morgan fingerprint density at radius 3 is 2.43 bits per heavy atom. The summed E-state index contributed by atoms with van der Waals surface area (Å²) in [5.41, 5.74) is 5.11. The molecule has 11 heteroatoms. The van der Waals surface area contributed by atoms with Gasteiger partial charge in [-0.15, -0.1) is 0 Å². The number of nitrogens with two attached hydrogens (primary N) is 2. The highest BCUT2D eigenvalue weighted by atomic mass is 32.2. The number of nitrogens with one attached hydrogen (secondary N) is 1. The van der Waals surface area contributed by atoms with Crippen LogP contribution >= 0.6 is 12.2 Å². The maximum atomic E-state index is 13.4. The van der Waals surface area contributed by atoms with Crippen molar-refractivity contribution >= 4 is 37.3 Å². The Hall–Kier alpha value is -1.14. The van der Waals surface area contributed by atoms with E-state index in [1.165, 1.54) is 0 Å². The summed E-state index contributed by atoms with van der Waals surface area (Å²) in [5, 5.41) is 4.79. The average Bonchev–Trinajstić information content (AvgIpc) is 2.33. The zero-order chi connectivity index (χ0) is 16.3. The molecule has 1 aromatic rings. The third-order valence-corrected chi connectivity index (χ3v) is 4.95. The second kappa shape index (κ2) is 6.75. The predicted octanol–water partition coefficient (Wildman–Crippen LogP) is -0.583. The zero-order valence-electron chi connectivity index (χ0n) is 10.7. The summed E-state index contributed by atoms with van der Waals surface area (Å²) in [5.74, 6) is -1.08. The number of halogens is 1. The molecule has 0 saturated carbocycles. The normalized spacial score (nSPS) is 12.3. The fraction of sp³-hybridized carbons (Fsp3) is 0.300. The summed E-state index contributed by atoms with van der Waals surface area (Å²) in [6.45, 7) is -0.126. The molecule has 0 saturated heterocycles. The van der Waals surface area contributed by atoms with E-state index >= 15 is 0 Å². The van der Waals surface area contributed by atoms with Gasteiger partial charge in [-0.05, 0) is 24.6 Å². The average molecular weight is 355 g/mol. The van der Waals surface area contributed by atoms with E-state index in [4.69, 9.17) is 10.9 Å². The van der Waals surface area contributed by atoms with E-state index in [-0.39, 0.29) is 34.2 Å². The Morgan fingerprint density at radius 1 is 1.29 bits per heavy atom. The minimum Gasteiger partial charge on any atom is -0.389 e. The third-order valence-electron chi connectivity index (χ3n) is 2.41. The molecule has 0 aliphatic carbocycles. The molecule has 0 unspecified atom stereocenters. The zero-order valence-corrected chi connectivity index (χ0v) is 13.2. The van der Waals surface area contributed by atoms with Crippen LogP contribution < -0.4 is 15.6 Å². The van der Waals surface area contributed by atoms with Crippen LogP contribution in [-0.4, -0.2) is 34.1 Å². The smallest absolute Gasteiger partial charge is 0.240 e. The van der Waals surface area contributed by atoms with E-state index in [0.717, 1.165) is 18.2 Å². The van der Waals surface area contributed by atoms with Gasteiger partial charge in [0.05, 0.1) is 10.6 Å². The van der Waals surface area contributed by atoms with Crippen molar-refractivity contribution in [2.45, 2.75) is 11.3 Å². The van der Waals surface area contributed by atoms with Crippen LogP contribution in [0.25, 0.3) is 0 Å². The van der Waals surface area contributed by atoms with Gasteiger partial charge in [0.2, 0.25) is 20.0 Å². The molecule has 1 aromatic carbocycles. The second-order valence-electron chi connectivity index (χ2n) is 4.12. The van der Waals surface area contributed by atoms with E-state index in [9.17, 15) is 21.2 Å². The van der Waals surface area contributed by atoms with Gasteiger partial charge in [-0.3, -0.25) is 0 Å². The Bertz CT molecular complexity index is 747. The fourth-order valence-electron chi connectivity index (χ4n) is 1.42. The minimum absolute atomic E-state index is 0.0153. The van der Waals surface area contributed by atoms with E-state index in [1.54, 1.807) is 0 Å². The van der Waals surface area contributed by atoms with Crippen molar-refractivity contribution < 1.29 is 21.2 Å². The second-order valence-corrected chi connectivity index (χ2v) is 8.06. The van der Waals surface area contributed by atoms with Crippen LogP contribution in [0.3, 0.4) is 0 Å². The Balaban J connectivity index is 2.84. The first kappa shape index (κ1) is 17.9. The van der Waals surface area contributed by atoms with Crippen LogP contribution in [0.5, 0.6) is 0 Å². The number of benzene rings is 1. The Kier molecular flexibility index (Phi) is 5.75. The Morgan fingerprint density at radius 2 is 1.90 bits per heavy atom. The summed E-state index contributed by atoms with van der Waals surface area (Å²) in [7, 11) is -7.57. The molecule has 21 heavy (non-hydrogen) atoms. The van der Waals surface area contributed by atoms with Crippen molar-refractivity contribution in [3.63, 3.8) is 0 Å². The lowest BCUT2D eigenvalue weighted by Gasteiger charge is -2.08. The molecule has 0 aromatic heterocycles. The van der Waals surface area contributed by atoms with Gasteiger partial charge in [0.25, 0.3) is 0 Å². The Labute approximate surface area is 127 Å². The fourth-order valence-corrected chi connectivity index (χ4v) is 3.23. The molecule has 1 rings (SSSR count). The lowest BCUT2D eigenvalue weighted by molar-refractivity contribution is 0.575. The van der Waals surface area contributed by atoms with Crippen molar-refractivity contribution in [1.82, 2.24) is 4.72 Å². The van der Waals surface area contributed by atoms with E-state index in [2.05, 4.69) is 16.9 Å². The van der Waals surface area contributed by atoms with Crippen LogP contribution in [0.15, 0.2) is 23.1 Å². The number of hydrogen-bond acceptors (Lipinski definition) is 5. The van der Waals surface area contributed by atoms with Crippen LogP contribution in [0.1, 0.15) is 12.0 Å². The van der Waals surface area contributed by atoms with Gasteiger partial charge in [0, 0.05) is 12.1 Å². The van der Waals surface area contributed by atoms with Crippen molar-refractivity contribution in [3.8, 4) is 0 Å². The number of sulfonamides is 2. The highest BCUT2D eigenvalue weighted by Crippen LogP contribution is 2.15. The molecule has 0 aliphatic heterocycles. The molecular weight excluding hydrogens is 341 g/mol. The lowest BCUT2D eigenvalue weighted by atomic mass is 10.2. The molecule has 0 atom stereocenters. The first-order valence-electron chi connectivity index (χ1n) is 5.62. The van der Waals surface area contributed by atoms with Crippen molar-refractivity contribution in [2.24, 2.45) is 10.9 Å². The molecule has 0 amide bonds. The van der Waals surface area contributed by atoms with Crippen LogP contribution in [0.2, 0.25) is 0 Å². The summed E-state index contributed by atoms with van der Waals surface area (Å²) < 4.78 is 60.9. The number of hydrogen-bond donors (Lipinski definition) is 3. The monoisotopic (exact) mass is 355 g/mol. The highest BCUT2D eigenvalue weighted by molar-refractivity contribution is 7.89. The lowest BCUT2D eigenvalue weighted by Crippen LogP contribution is -2.28. The van der Waals surface area contributed by atoms with Gasteiger partial charge in [-0.1, -0.05) is 12.2 Å². The van der Waals surface area contributed by atoms with Gasteiger partial charge in [-0.2, -0.15) is 0 Å². The molecule has 0 radical (unpaired) electrons. The maximum absolute atomic E-state index is 13.4. The molecule has 0 fully saturated rings. The van der Waals surface area contributed by atoms with Gasteiger partial charge in [0.1, 0.15) is 10.8 Å². The molecular formula is C10H14FN3O4S3. The van der Waals surface area contributed by atoms with Crippen molar-refractivity contribution in [2.75, 3.05) is 12.3 Å². The summed E-state index contributed by atoms with van der Waals surface area (Å²) in [6, 6.07) is 3.01. The molecule has 0 heterocycles. The molecule has 0 bridgehead atoms. The SMILES string of the molecule is NC(=S)c1cc(S(=O)(=O)NCCCS(N)(=O)=O)ccc1F. The third kappa shape index (κ3) is 5.63.